The van der Waals surface area contributed by atoms with Crippen molar-refractivity contribution >= 4 is 28.3 Å². The molecule has 0 atom stereocenters. The van der Waals surface area contributed by atoms with Gasteiger partial charge in [0.25, 0.3) is 5.56 Å². The summed E-state index contributed by atoms with van der Waals surface area (Å²) in [4.78, 5) is 35.4. The first kappa shape index (κ1) is 26.0. The number of aromatic nitrogens is 4. The zero-order valence-electron chi connectivity index (χ0n) is 22.7. The van der Waals surface area contributed by atoms with Crippen LogP contribution in [0.2, 0.25) is 0 Å². The molecule has 10 heteroatoms. The fourth-order valence-corrected chi connectivity index (χ4v) is 5.03. The third-order valence-electron chi connectivity index (χ3n) is 6.93. The van der Waals surface area contributed by atoms with E-state index in [1.807, 2.05) is 79.7 Å². The predicted molar refractivity (Wildman–Crippen MR) is 160 cm³/mol. The molecule has 41 heavy (non-hydrogen) atoms. The van der Waals surface area contributed by atoms with Crippen molar-refractivity contribution in [1.29, 1.82) is 0 Å². The number of carbonyl (C=O) groups excluding carboxylic acids is 1. The molecule has 4 N–H and O–H groups in total. The van der Waals surface area contributed by atoms with E-state index < -0.39 is 0 Å². The van der Waals surface area contributed by atoms with Crippen molar-refractivity contribution in [3.05, 3.63) is 101 Å². The van der Waals surface area contributed by atoms with Crippen molar-refractivity contribution < 1.29 is 9.53 Å². The molecule has 206 valence electrons. The Labute approximate surface area is 236 Å². The highest BCUT2D eigenvalue weighted by molar-refractivity contribution is 6.03. The van der Waals surface area contributed by atoms with E-state index in [9.17, 15) is 9.59 Å². The summed E-state index contributed by atoms with van der Waals surface area (Å²) in [6.07, 6.45) is 6.15. The first-order chi connectivity index (χ1) is 19.9. The van der Waals surface area contributed by atoms with Crippen molar-refractivity contribution in [2.75, 3.05) is 31.7 Å². The molecule has 0 bridgehead atoms. The molecular weight excluding hydrogens is 518 g/mol. The maximum absolute atomic E-state index is 13.1. The zero-order chi connectivity index (χ0) is 28.5. The lowest BCUT2D eigenvalue weighted by atomic mass is 9.90. The smallest absolute Gasteiger partial charge is 0.261 e. The number of nitrogens with zero attached hydrogens (tertiary/aromatic N) is 4. The van der Waals surface area contributed by atoms with Crippen LogP contribution in [-0.4, -0.2) is 51.2 Å². The van der Waals surface area contributed by atoms with Gasteiger partial charge < -0.3 is 25.7 Å². The summed E-state index contributed by atoms with van der Waals surface area (Å²) in [7, 11) is 3.88. The van der Waals surface area contributed by atoms with Gasteiger partial charge in [0.1, 0.15) is 28.2 Å². The van der Waals surface area contributed by atoms with Crippen LogP contribution in [0.25, 0.3) is 27.8 Å². The largest absolute Gasteiger partial charge is 0.457 e. The lowest BCUT2D eigenvalue weighted by Gasteiger charge is -2.21. The number of H-pyrrole nitrogens is 1. The van der Waals surface area contributed by atoms with Crippen molar-refractivity contribution in [1.82, 2.24) is 24.6 Å². The minimum atomic E-state index is -0.300. The number of hydrogen-bond acceptors (Lipinski definition) is 7. The maximum atomic E-state index is 13.1. The van der Waals surface area contributed by atoms with E-state index >= 15 is 0 Å². The van der Waals surface area contributed by atoms with E-state index in [2.05, 4.69) is 15.3 Å². The van der Waals surface area contributed by atoms with Crippen LogP contribution in [0.4, 0.5) is 11.5 Å². The SMILES string of the molecule is CN(C)CC=CC(=O)Nc1ccnc2c1CCc1[nH]c(=O)c3c(N)n(-c4ccc(Oc5ccccc5)cc4)nc3c1-2. The highest BCUT2D eigenvalue weighted by Crippen LogP contribution is 2.39. The van der Waals surface area contributed by atoms with Crippen LogP contribution in [0, 0.1) is 0 Å². The number of nitrogen functional groups attached to an aromatic ring is 1. The molecule has 0 spiro atoms. The van der Waals surface area contributed by atoms with Crippen LogP contribution in [0.5, 0.6) is 11.5 Å². The number of rotatable bonds is 7. The average Bonchev–Trinajstić information content (AvgIpc) is 3.31. The van der Waals surface area contributed by atoms with E-state index in [0.717, 1.165) is 22.6 Å². The van der Waals surface area contributed by atoms with E-state index in [0.29, 0.717) is 53.1 Å². The van der Waals surface area contributed by atoms with Gasteiger partial charge in [0.15, 0.2) is 0 Å². The number of para-hydroxylation sites is 1. The van der Waals surface area contributed by atoms with Gasteiger partial charge in [0.2, 0.25) is 5.91 Å². The third-order valence-corrected chi connectivity index (χ3v) is 6.93. The number of ether oxygens (including phenoxy) is 1. The molecule has 0 unspecified atom stereocenters. The Kier molecular flexibility index (Phi) is 6.82. The van der Waals surface area contributed by atoms with Gasteiger partial charge in [0, 0.05) is 41.3 Å². The number of pyridine rings is 2. The van der Waals surface area contributed by atoms with Crippen LogP contribution in [-0.2, 0) is 17.6 Å². The average molecular weight is 548 g/mol. The summed E-state index contributed by atoms with van der Waals surface area (Å²) in [5.74, 6) is 1.40. The third kappa shape index (κ3) is 5.08. The molecule has 6 rings (SSSR count). The molecule has 1 aliphatic rings. The summed E-state index contributed by atoms with van der Waals surface area (Å²) in [6, 6.07) is 18.6. The summed E-state index contributed by atoms with van der Waals surface area (Å²) >= 11 is 0. The normalized spacial score (nSPS) is 12.5. The van der Waals surface area contributed by atoms with E-state index in [1.165, 1.54) is 6.08 Å². The van der Waals surface area contributed by atoms with Crippen LogP contribution in [0.15, 0.2) is 83.8 Å². The first-order valence-electron chi connectivity index (χ1n) is 13.3. The Morgan fingerprint density at radius 1 is 1.10 bits per heavy atom. The molecule has 0 radical (unpaired) electrons. The molecule has 0 aliphatic heterocycles. The molecular formula is C31H29N7O3. The van der Waals surface area contributed by atoms with Gasteiger partial charge in [0.05, 0.1) is 11.4 Å². The van der Waals surface area contributed by atoms with Crippen LogP contribution in [0.1, 0.15) is 11.3 Å². The number of fused-ring (bicyclic) bond motifs is 5. The molecule has 1 aliphatic carbocycles. The topological polar surface area (TPSA) is 131 Å². The summed E-state index contributed by atoms with van der Waals surface area (Å²) in [5.41, 5.74) is 11.1. The predicted octanol–water partition coefficient (Wildman–Crippen LogP) is 4.31. The standard InChI is InChI=1S/C31H29N7O3/c1-37(2)18-6-9-25(39)34-23-16-17-33-28-22(23)14-15-24-26(28)29-27(31(40)35-24)30(32)38(36-29)19-10-12-21(13-11-19)41-20-7-4-3-5-8-20/h3-13,16-17H,14-15,18,32H2,1-2H3,(H,35,40)(H,33,34,39). The molecule has 0 saturated carbocycles. The Morgan fingerprint density at radius 2 is 1.85 bits per heavy atom. The van der Waals surface area contributed by atoms with Gasteiger partial charge >= 0.3 is 0 Å². The molecule has 0 fully saturated rings. The van der Waals surface area contributed by atoms with Crippen LogP contribution in [0.3, 0.4) is 0 Å². The molecule has 5 aromatic rings. The van der Waals surface area contributed by atoms with Gasteiger partial charge in [-0.15, -0.1) is 0 Å². The second-order valence-corrected chi connectivity index (χ2v) is 10.1. The lowest BCUT2D eigenvalue weighted by molar-refractivity contribution is -0.111. The number of nitrogens with two attached hydrogens (primary N) is 1. The zero-order valence-corrected chi connectivity index (χ0v) is 22.7. The Hall–Kier alpha value is -5.22. The van der Waals surface area contributed by atoms with E-state index in [4.69, 9.17) is 15.6 Å². The minimum Gasteiger partial charge on any atom is -0.457 e. The lowest BCUT2D eigenvalue weighted by Crippen LogP contribution is -2.18. The Balaban J connectivity index is 1.38. The van der Waals surface area contributed by atoms with Crippen molar-refractivity contribution in [3.8, 4) is 28.4 Å². The second-order valence-electron chi connectivity index (χ2n) is 10.1. The molecule has 10 nitrogen and oxygen atoms in total. The minimum absolute atomic E-state index is 0.217. The molecule has 2 aromatic carbocycles. The van der Waals surface area contributed by atoms with Gasteiger partial charge in [-0.3, -0.25) is 14.6 Å². The Bertz CT molecular complexity index is 1840. The van der Waals surface area contributed by atoms with Crippen molar-refractivity contribution in [3.63, 3.8) is 0 Å². The number of carbonyl (C=O) groups is 1. The number of benzene rings is 2. The van der Waals surface area contributed by atoms with Gasteiger partial charge in [-0.1, -0.05) is 24.3 Å². The molecule has 0 saturated heterocycles. The molecule has 3 aromatic heterocycles. The van der Waals surface area contributed by atoms with Crippen molar-refractivity contribution in [2.24, 2.45) is 0 Å². The fraction of sp³-hybridized carbons (Fsp3) is 0.161. The highest BCUT2D eigenvalue weighted by Gasteiger charge is 2.27. The van der Waals surface area contributed by atoms with Gasteiger partial charge in [-0.05, 0) is 69.4 Å². The quantitative estimate of drug-likeness (QED) is 0.259. The molecule has 3 heterocycles. The van der Waals surface area contributed by atoms with Crippen molar-refractivity contribution in [2.45, 2.75) is 12.8 Å². The van der Waals surface area contributed by atoms with Gasteiger partial charge in [-0.2, -0.15) is 5.10 Å². The number of aromatic amines is 1. The van der Waals surface area contributed by atoms with Gasteiger partial charge in [-0.25, -0.2) is 4.68 Å². The maximum Gasteiger partial charge on any atom is 0.261 e. The van der Waals surface area contributed by atoms with Crippen LogP contribution >= 0.6 is 0 Å². The summed E-state index contributed by atoms with van der Waals surface area (Å²) in [6.45, 7) is 0.660. The number of hydrogen-bond donors (Lipinski definition) is 3. The number of aryl methyl sites for hydroxylation is 1. The fourth-order valence-electron chi connectivity index (χ4n) is 5.03. The van der Waals surface area contributed by atoms with E-state index in [-0.39, 0.29) is 17.3 Å². The number of amides is 1. The second kappa shape index (κ2) is 10.7. The monoisotopic (exact) mass is 547 g/mol. The molecule has 1 amide bonds. The Morgan fingerprint density at radius 3 is 2.61 bits per heavy atom. The summed E-state index contributed by atoms with van der Waals surface area (Å²) in [5, 5.41) is 8.08. The van der Waals surface area contributed by atoms with E-state index in [1.54, 1.807) is 16.9 Å². The number of anilines is 2. The van der Waals surface area contributed by atoms with Crippen LogP contribution < -0.4 is 21.3 Å². The first-order valence-corrected chi connectivity index (χ1v) is 13.3. The highest BCUT2D eigenvalue weighted by atomic mass is 16.5. The number of nitrogens with one attached hydrogen (secondary N) is 2. The summed E-state index contributed by atoms with van der Waals surface area (Å²) < 4.78 is 7.46. The number of likely N-dealkylation sites (N-methyl/N-ethyl adjacent to an activating group) is 1.